The summed E-state index contributed by atoms with van der Waals surface area (Å²) in [6, 6.07) is 14.0. The summed E-state index contributed by atoms with van der Waals surface area (Å²) in [6.07, 6.45) is 1.64. The standard InChI is InChI=1S/C20H20N2O3/c1-13-4-6-16(7-5-13)21-19(23)14(2)22-11-10-15-12-17(25-3)8-9-18(15)20(22)24/h4-12,14H,1-3H3,(H,21,23). The van der Waals surface area contributed by atoms with Crippen molar-refractivity contribution in [2.45, 2.75) is 19.9 Å². The molecule has 128 valence electrons. The van der Waals surface area contributed by atoms with Gasteiger partial charge in [0.2, 0.25) is 5.91 Å². The quantitative estimate of drug-likeness (QED) is 0.793. The normalized spacial score (nSPS) is 12.0. The molecule has 0 saturated heterocycles. The number of amides is 1. The van der Waals surface area contributed by atoms with Gasteiger partial charge >= 0.3 is 0 Å². The molecule has 0 fully saturated rings. The van der Waals surface area contributed by atoms with Crippen LogP contribution in [0, 0.1) is 6.92 Å². The zero-order chi connectivity index (χ0) is 18.0. The lowest BCUT2D eigenvalue weighted by Gasteiger charge is -2.16. The Morgan fingerprint density at radius 2 is 1.84 bits per heavy atom. The van der Waals surface area contributed by atoms with Crippen molar-refractivity contribution >= 4 is 22.4 Å². The number of hydrogen-bond acceptors (Lipinski definition) is 3. The van der Waals surface area contributed by atoms with Crippen molar-refractivity contribution in [3.63, 3.8) is 0 Å². The molecule has 5 heteroatoms. The fraction of sp³-hybridized carbons (Fsp3) is 0.200. The number of hydrogen-bond donors (Lipinski definition) is 1. The number of aromatic nitrogens is 1. The Hall–Kier alpha value is -3.08. The Balaban J connectivity index is 1.89. The molecule has 1 aromatic heterocycles. The van der Waals surface area contributed by atoms with Gasteiger partial charge in [0.1, 0.15) is 11.8 Å². The highest BCUT2D eigenvalue weighted by molar-refractivity contribution is 5.93. The van der Waals surface area contributed by atoms with E-state index in [1.54, 1.807) is 38.4 Å². The van der Waals surface area contributed by atoms with Crippen LogP contribution >= 0.6 is 0 Å². The van der Waals surface area contributed by atoms with Crippen molar-refractivity contribution in [2.75, 3.05) is 12.4 Å². The summed E-state index contributed by atoms with van der Waals surface area (Å²) in [4.78, 5) is 25.2. The topological polar surface area (TPSA) is 60.3 Å². The molecule has 2 aromatic carbocycles. The summed E-state index contributed by atoms with van der Waals surface area (Å²) in [6.45, 7) is 3.69. The Morgan fingerprint density at radius 3 is 2.52 bits per heavy atom. The van der Waals surface area contributed by atoms with Gasteiger partial charge in [-0.2, -0.15) is 0 Å². The predicted octanol–water partition coefficient (Wildman–Crippen LogP) is 3.52. The van der Waals surface area contributed by atoms with Gasteiger partial charge in [-0.15, -0.1) is 0 Å². The molecule has 1 unspecified atom stereocenters. The van der Waals surface area contributed by atoms with Gasteiger partial charge in [0.25, 0.3) is 5.56 Å². The van der Waals surface area contributed by atoms with Crippen LogP contribution in [0.3, 0.4) is 0 Å². The van der Waals surface area contributed by atoms with Gasteiger partial charge in [-0.25, -0.2) is 0 Å². The minimum Gasteiger partial charge on any atom is -0.497 e. The first kappa shape index (κ1) is 16.8. The van der Waals surface area contributed by atoms with Crippen LogP contribution in [-0.2, 0) is 4.79 Å². The van der Waals surface area contributed by atoms with Crippen molar-refractivity contribution < 1.29 is 9.53 Å². The summed E-state index contributed by atoms with van der Waals surface area (Å²) >= 11 is 0. The van der Waals surface area contributed by atoms with Crippen molar-refractivity contribution in [2.24, 2.45) is 0 Å². The molecule has 0 aliphatic carbocycles. The van der Waals surface area contributed by atoms with Crippen LogP contribution < -0.4 is 15.6 Å². The van der Waals surface area contributed by atoms with E-state index in [9.17, 15) is 9.59 Å². The highest BCUT2D eigenvalue weighted by Gasteiger charge is 2.17. The molecule has 0 spiro atoms. The molecule has 5 nitrogen and oxygen atoms in total. The molecular weight excluding hydrogens is 316 g/mol. The lowest BCUT2D eigenvalue weighted by Crippen LogP contribution is -2.31. The van der Waals surface area contributed by atoms with Crippen LogP contribution in [0.1, 0.15) is 18.5 Å². The number of nitrogens with zero attached hydrogens (tertiary/aromatic N) is 1. The van der Waals surface area contributed by atoms with E-state index < -0.39 is 6.04 Å². The molecule has 0 aliphatic rings. The average molecular weight is 336 g/mol. The van der Waals surface area contributed by atoms with E-state index >= 15 is 0 Å². The zero-order valence-corrected chi connectivity index (χ0v) is 14.4. The Bertz CT molecular complexity index is 974. The third kappa shape index (κ3) is 3.40. The van der Waals surface area contributed by atoms with Gasteiger partial charge in [-0.1, -0.05) is 17.7 Å². The Morgan fingerprint density at radius 1 is 1.12 bits per heavy atom. The van der Waals surface area contributed by atoms with Crippen LogP contribution in [0.15, 0.2) is 59.5 Å². The summed E-state index contributed by atoms with van der Waals surface area (Å²) in [5.41, 5.74) is 1.62. The minimum atomic E-state index is -0.625. The van der Waals surface area contributed by atoms with E-state index in [1.807, 2.05) is 37.3 Å². The van der Waals surface area contributed by atoms with E-state index in [1.165, 1.54) is 4.57 Å². The van der Waals surface area contributed by atoms with Gasteiger partial charge in [-0.05, 0) is 55.6 Å². The molecule has 0 bridgehead atoms. The maximum absolute atomic E-state index is 12.7. The molecule has 3 aromatic rings. The number of methoxy groups -OCH3 is 1. The maximum atomic E-state index is 12.7. The Kier molecular flexibility index (Phi) is 4.57. The number of rotatable bonds is 4. The number of fused-ring (bicyclic) bond motifs is 1. The lowest BCUT2D eigenvalue weighted by molar-refractivity contribution is -0.118. The zero-order valence-electron chi connectivity index (χ0n) is 14.4. The summed E-state index contributed by atoms with van der Waals surface area (Å²) in [5, 5.41) is 4.18. The second-order valence-corrected chi connectivity index (χ2v) is 6.01. The van der Waals surface area contributed by atoms with Gasteiger partial charge in [0.15, 0.2) is 0 Å². The van der Waals surface area contributed by atoms with Crippen LogP contribution in [0.4, 0.5) is 5.69 Å². The second-order valence-electron chi connectivity index (χ2n) is 6.01. The van der Waals surface area contributed by atoms with E-state index in [0.717, 1.165) is 10.9 Å². The largest absolute Gasteiger partial charge is 0.497 e. The van der Waals surface area contributed by atoms with Crippen molar-refractivity contribution in [3.05, 3.63) is 70.6 Å². The monoisotopic (exact) mass is 336 g/mol. The van der Waals surface area contributed by atoms with Crippen molar-refractivity contribution in [3.8, 4) is 5.75 Å². The van der Waals surface area contributed by atoms with Crippen molar-refractivity contribution in [1.82, 2.24) is 4.57 Å². The highest BCUT2D eigenvalue weighted by Crippen LogP contribution is 2.19. The summed E-state index contributed by atoms with van der Waals surface area (Å²) < 4.78 is 6.62. The number of carbonyl (C=O) groups excluding carboxylic acids is 1. The number of anilines is 1. The molecule has 1 N–H and O–H groups in total. The SMILES string of the molecule is COc1ccc2c(=O)n(C(C)C(=O)Nc3ccc(C)cc3)ccc2c1. The third-order valence-corrected chi connectivity index (χ3v) is 4.25. The first-order valence-corrected chi connectivity index (χ1v) is 8.06. The van der Waals surface area contributed by atoms with E-state index in [4.69, 9.17) is 4.74 Å². The maximum Gasteiger partial charge on any atom is 0.259 e. The molecular formula is C20H20N2O3. The molecule has 1 atom stereocenters. The number of nitrogens with one attached hydrogen (secondary N) is 1. The highest BCUT2D eigenvalue weighted by atomic mass is 16.5. The molecule has 1 heterocycles. The van der Waals surface area contributed by atoms with Gasteiger partial charge in [0, 0.05) is 17.3 Å². The van der Waals surface area contributed by atoms with E-state index in [2.05, 4.69) is 5.32 Å². The first-order valence-electron chi connectivity index (χ1n) is 8.06. The fourth-order valence-electron chi connectivity index (χ4n) is 2.68. The van der Waals surface area contributed by atoms with E-state index in [0.29, 0.717) is 16.8 Å². The van der Waals surface area contributed by atoms with Crippen molar-refractivity contribution in [1.29, 1.82) is 0 Å². The summed E-state index contributed by atoms with van der Waals surface area (Å²) in [5.74, 6) is 0.452. The molecule has 0 saturated carbocycles. The molecule has 0 aliphatic heterocycles. The van der Waals surface area contributed by atoms with Crippen LogP contribution in [-0.4, -0.2) is 17.6 Å². The van der Waals surface area contributed by atoms with Gasteiger partial charge < -0.3 is 14.6 Å². The lowest BCUT2D eigenvalue weighted by atomic mass is 10.1. The number of aryl methyl sites for hydroxylation is 1. The second kappa shape index (κ2) is 6.81. The molecule has 3 rings (SSSR count). The van der Waals surface area contributed by atoms with Crippen LogP contribution in [0.2, 0.25) is 0 Å². The smallest absolute Gasteiger partial charge is 0.259 e. The van der Waals surface area contributed by atoms with E-state index in [-0.39, 0.29) is 11.5 Å². The third-order valence-electron chi connectivity index (χ3n) is 4.25. The number of benzene rings is 2. The van der Waals surface area contributed by atoms with Crippen LogP contribution in [0.25, 0.3) is 10.8 Å². The number of carbonyl (C=O) groups is 1. The van der Waals surface area contributed by atoms with Crippen LogP contribution in [0.5, 0.6) is 5.75 Å². The average Bonchev–Trinajstić information content (AvgIpc) is 2.63. The minimum absolute atomic E-state index is 0.202. The Labute approximate surface area is 145 Å². The van der Waals surface area contributed by atoms with Gasteiger partial charge in [-0.3, -0.25) is 9.59 Å². The number of ether oxygens (including phenoxy) is 1. The predicted molar refractivity (Wildman–Crippen MR) is 99.3 cm³/mol. The first-order chi connectivity index (χ1) is 12.0. The van der Waals surface area contributed by atoms with Gasteiger partial charge in [0.05, 0.1) is 7.11 Å². The summed E-state index contributed by atoms with van der Waals surface area (Å²) in [7, 11) is 1.58. The molecule has 25 heavy (non-hydrogen) atoms. The number of pyridine rings is 1. The molecule has 0 radical (unpaired) electrons. The molecule has 1 amide bonds. The fourth-order valence-corrected chi connectivity index (χ4v) is 2.68.